The molecule has 26 heavy (non-hydrogen) atoms. The summed E-state index contributed by atoms with van der Waals surface area (Å²) in [6.07, 6.45) is -1.21. The molecule has 3 rings (SSSR count). The summed E-state index contributed by atoms with van der Waals surface area (Å²) in [6, 6.07) is 17.3. The highest BCUT2D eigenvalue weighted by atomic mass is 32.1. The second-order valence-corrected chi connectivity index (χ2v) is 6.22. The number of rotatable bonds is 7. The largest absolute Gasteiger partial charge is 0.489 e. The van der Waals surface area contributed by atoms with Crippen LogP contribution in [0.3, 0.4) is 0 Å². The lowest BCUT2D eigenvalue weighted by molar-refractivity contribution is -0.145. The lowest BCUT2D eigenvalue weighted by atomic mass is 10.1. The van der Waals surface area contributed by atoms with Crippen molar-refractivity contribution < 1.29 is 19.4 Å². The van der Waals surface area contributed by atoms with Crippen LogP contribution in [0.5, 0.6) is 11.5 Å². The minimum atomic E-state index is -1.21. The van der Waals surface area contributed by atoms with Crippen LogP contribution in [0.25, 0.3) is 0 Å². The number of nitriles is 1. The van der Waals surface area contributed by atoms with Crippen molar-refractivity contribution in [3.05, 3.63) is 82.0 Å². The maximum Gasteiger partial charge on any atom is 0.349 e. The van der Waals surface area contributed by atoms with Crippen molar-refractivity contribution in [3.8, 4) is 17.6 Å². The lowest BCUT2D eigenvalue weighted by Crippen LogP contribution is -2.18. The Kier molecular flexibility index (Phi) is 5.52. The fraction of sp³-hybridized carbons (Fsp3) is 0.100. The Bertz CT molecular complexity index is 917. The van der Waals surface area contributed by atoms with Crippen molar-refractivity contribution in [1.29, 1.82) is 5.26 Å². The number of nitrogens with zero attached hydrogens (tertiary/aromatic N) is 1. The molecule has 0 unspecified atom stereocenters. The molecule has 130 valence electrons. The van der Waals surface area contributed by atoms with Gasteiger partial charge in [-0.1, -0.05) is 30.3 Å². The van der Waals surface area contributed by atoms with Crippen LogP contribution < -0.4 is 9.47 Å². The van der Waals surface area contributed by atoms with Gasteiger partial charge in [-0.15, -0.1) is 0 Å². The smallest absolute Gasteiger partial charge is 0.349 e. The van der Waals surface area contributed by atoms with E-state index in [1.165, 1.54) is 0 Å². The predicted molar refractivity (Wildman–Crippen MR) is 97.3 cm³/mol. The molecule has 0 spiro atoms. The molecule has 2 aromatic carbocycles. The normalized spacial score (nSPS) is 11.3. The van der Waals surface area contributed by atoms with Gasteiger partial charge in [0.1, 0.15) is 24.2 Å². The summed E-state index contributed by atoms with van der Waals surface area (Å²) in [5.41, 5.74) is 1.78. The summed E-state index contributed by atoms with van der Waals surface area (Å²) >= 11 is 1.58. The van der Waals surface area contributed by atoms with Gasteiger partial charge in [0.2, 0.25) is 6.10 Å². The van der Waals surface area contributed by atoms with Crippen LogP contribution in [0.2, 0.25) is 0 Å². The zero-order valence-corrected chi connectivity index (χ0v) is 14.5. The Labute approximate surface area is 154 Å². The number of ether oxygens (including phenoxy) is 2. The number of carboxylic acid groups (broad SMARTS) is 1. The molecule has 3 aromatic rings. The third kappa shape index (κ3) is 4.21. The summed E-state index contributed by atoms with van der Waals surface area (Å²) in [6.45, 7) is 0.385. The van der Waals surface area contributed by atoms with Crippen molar-refractivity contribution in [2.24, 2.45) is 0 Å². The summed E-state index contributed by atoms with van der Waals surface area (Å²) in [5, 5.41) is 22.8. The number of benzene rings is 2. The minimum Gasteiger partial charge on any atom is -0.489 e. The van der Waals surface area contributed by atoms with Gasteiger partial charge >= 0.3 is 5.97 Å². The van der Waals surface area contributed by atoms with E-state index in [0.717, 1.165) is 5.56 Å². The van der Waals surface area contributed by atoms with Crippen LogP contribution in [0.1, 0.15) is 22.8 Å². The first-order valence-electron chi connectivity index (χ1n) is 7.80. The average Bonchev–Trinajstić information content (AvgIpc) is 3.18. The fourth-order valence-electron chi connectivity index (χ4n) is 2.34. The minimum absolute atomic E-state index is 0.173. The molecule has 6 heteroatoms. The highest BCUT2D eigenvalue weighted by Gasteiger charge is 2.23. The van der Waals surface area contributed by atoms with E-state index < -0.39 is 12.1 Å². The summed E-state index contributed by atoms with van der Waals surface area (Å²) < 4.78 is 11.4. The van der Waals surface area contributed by atoms with E-state index in [1.807, 2.05) is 22.9 Å². The van der Waals surface area contributed by atoms with Crippen LogP contribution in [-0.2, 0) is 11.4 Å². The van der Waals surface area contributed by atoms with Gasteiger partial charge in [0.25, 0.3) is 0 Å². The molecule has 0 radical (unpaired) electrons. The van der Waals surface area contributed by atoms with Gasteiger partial charge in [-0.05, 0) is 34.5 Å². The van der Waals surface area contributed by atoms with E-state index >= 15 is 0 Å². The highest BCUT2D eigenvalue weighted by molar-refractivity contribution is 7.07. The Morgan fingerprint density at radius 1 is 1.19 bits per heavy atom. The summed E-state index contributed by atoms with van der Waals surface area (Å²) in [5.74, 6) is -0.460. The third-order valence-corrected chi connectivity index (χ3v) is 4.36. The van der Waals surface area contributed by atoms with E-state index in [-0.39, 0.29) is 11.3 Å². The molecule has 1 heterocycles. The molecule has 1 N–H and O–H groups in total. The fourth-order valence-corrected chi connectivity index (χ4v) is 2.99. The maximum atomic E-state index is 11.6. The van der Waals surface area contributed by atoms with Gasteiger partial charge in [0.05, 0.1) is 5.56 Å². The van der Waals surface area contributed by atoms with Crippen molar-refractivity contribution in [2.45, 2.75) is 12.7 Å². The van der Waals surface area contributed by atoms with Gasteiger partial charge in [0, 0.05) is 11.6 Å². The zero-order chi connectivity index (χ0) is 18.4. The number of hydrogen-bond donors (Lipinski definition) is 1. The number of thiophene rings is 1. The van der Waals surface area contributed by atoms with Crippen LogP contribution in [0.4, 0.5) is 0 Å². The van der Waals surface area contributed by atoms with E-state index in [2.05, 4.69) is 0 Å². The molecule has 5 nitrogen and oxygen atoms in total. The summed E-state index contributed by atoms with van der Waals surface area (Å²) in [7, 11) is 0. The predicted octanol–water partition coefficient (Wildman–Crippen LogP) is 4.40. The Balaban J connectivity index is 1.83. The standard InChI is InChI=1S/C20H15NO4S/c21-11-16-6-7-17(24-12-14-8-9-26-13-14)10-18(16)25-19(20(22)23)15-4-2-1-3-5-15/h1-10,13,19H,12H2,(H,22,23)/t19-/m1/s1. The monoisotopic (exact) mass is 365 g/mol. The second-order valence-electron chi connectivity index (χ2n) is 5.44. The van der Waals surface area contributed by atoms with E-state index in [0.29, 0.717) is 17.9 Å². The van der Waals surface area contributed by atoms with Crippen LogP contribution in [0.15, 0.2) is 65.4 Å². The van der Waals surface area contributed by atoms with E-state index in [1.54, 1.807) is 59.9 Å². The molecule has 0 aliphatic rings. The molecule has 1 atom stereocenters. The lowest BCUT2D eigenvalue weighted by Gasteiger charge is -2.17. The Hall–Kier alpha value is -3.30. The molecule has 0 saturated heterocycles. The molecule has 0 aliphatic heterocycles. The van der Waals surface area contributed by atoms with Crippen molar-refractivity contribution >= 4 is 17.3 Å². The maximum absolute atomic E-state index is 11.6. The van der Waals surface area contributed by atoms with Crippen LogP contribution >= 0.6 is 11.3 Å². The molecule has 0 fully saturated rings. The molecular weight excluding hydrogens is 350 g/mol. The van der Waals surface area contributed by atoms with Crippen molar-refractivity contribution in [3.63, 3.8) is 0 Å². The van der Waals surface area contributed by atoms with Gasteiger partial charge < -0.3 is 14.6 Å². The van der Waals surface area contributed by atoms with E-state index in [4.69, 9.17) is 9.47 Å². The average molecular weight is 365 g/mol. The van der Waals surface area contributed by atoms with Gasteiger partial charge in [0.15, 0.2) is 0 Å². The van der Waals surface area contributed by atoms with Gasteiger partial charge in [-0.25, -0.2) is 4.79 Å². The molecular formula is C20H15NO4S. The Morgan fingerprint density at radius 2 is 2.00 bits per heavy atom. The summed E-state index contributed by atoms with van der Waals surface area (Å²) in [4.78, 5) is 11.6. The first kappa shape index (κ1) is 17.5. The van der Waals surface area contributed by atoms with Crippen molar-refractivity contribution in [2.75, 3.05) is 0 Å². The third-order valence-electron chi connectivity index (χ3n) is 3.63. The van der Waals surface area contributed by atoms with Crippen LogP contribution in [-0.4, -0.2) is 11.1 Å². The van der Waals surface area contributed by atoms with Crippen LogP contribution in [0, 0.1) is 11.3 Å². The molecule has 0 bridgehead atoms. The highest BCUT2D eigenvalue weighted by Crippen LogP contribution is 2.30. The zero-order valence-electron chi connectivity index (χ0n) is 13.7. The van der Waals surface area contributed by atoms with Crippen molar-refractivity contribution in [1.82, 2.24) is 0 Å². The first-order valence-corrected chi connectivity index (χ1v) is 8.74. The number of carboxylic acids is 1. The molecule has 0 saturated carbocycles. The number of carbonyl (C=O) groups is 1. The molecule has 0 amide bonds. The Morgan fingerprint density at radius 3 is 2.65 bits per heavy atom. The number of aliphatic carboxylic acids is 1. The number of hydrogen-bond acceptors (Lipinski definition) is 5. The quantitative estimate of drug-likeness (QED) is 0.671. The van der Waals surface area contributed by atoms with Gasteiger partial charge in [-0.2, -0.15) is 16.6 Å². The molecule has 1 aromatic heterocycles. The first-order chi connectivity index (χ1) is 12.7. The second kappa shape index (κ2) is 8.19. The van der Waals surface area contributed by atoms with Gasteiger partial charge in [-0.3, -0.25) is 0 Å². The SMILES string of the molecule is N#Cc1ccc(OCc2ccsc2)cc1O[C@@H](C(=O)O)c1ccccc1. The molecule has 0 aliphatic carbocycles. The topological polar surface area (TPSA) is 79.5 Å². The van der Waals surface area contributed by atoms with E-state index in [9.17, 15) is 15.2 Å².